The van der Waals surface area contributed by atoms with Gasteiger partial charge in [-0.1, -0.05) is 45.0 Å². The third-order valence-corrected chi connectivity index (χ3v) is 7.80. The molecule has 2 aromatic carbocycles. The van der Waals surface area contributed by atoms with Crippen LogP contribution in [0.2, 0.25) is 0 Å². The molecule has 0 aromatic heterocycles. The fourth-order valence-corrected chi connectivity index (χ4v) is 4.90. The summed E-state index contributed by atoms with van der Waals surface area (Å²) >= 11 is 0. The molecular formula is C32H42F6N4O10S. The number of nitrogens with one attached hydrogen (secondary N) is 3. The zero-order valence-electron chi connectivity index (χ0n) is 29.7. The second-order valence-electron chi connectivity index (χ2n) is 13.6. The summed E-state index contributed by atoms with van der Waals surface area (Å²) in [5.41, 5.74) is -4.39. The summed E-state index contributed by atoms with van der Waals surface area (Å²) in [7, 11) is -4.87. The van der Waals surface area contributed by atoms with Gasteiger partial charge < -0.3 is 34.1 Å². The number of alkyl carbamates (subject to hydrolysis) is 2. The lowest BCUT2D eigenvalue weighted by Crippen LogP contribution is -2.59. The first kappa shape index (κ1) is 44.7. The molecule has 0 saturated heterocycles. The molecule has 0 aliphatic carbocycles. The third-order valence-electron chi connectivity index (χ3n) is 6.82. The number of nitrogens with zero attached hydrogens (tertiary/aromatic N) is 1. The summed E-state index contributed by atoms with van der Waals surface area (Å²) in [4.78, 5) is 38.4. The Balaban J connectivity index is 2.46. The smallest absolute Gasteiger partial charge is 0.453 e. The summed E-state index contributed by atoms with van der Waals surface area (Å²) < 4.78 is 117. The minimum atomic E-state index is -5.96. The van der Waals surface area contributed by atoms with Gasteiger partial charge in [0.1, 0.15) is 23.1 Å². The highest BCUT2D eigenvalue weighted by Gasteiger charge is 2.48. The van der Waals surface area contributed by atoms with Gasteiger partial charge in [0.05, 0.1) is 19.3 Å². The van der Waals surface area contributed by atoms with E-state index < -0.39 is 87.3 Å². The van der Waals surface area contributed by atoms with Gasteiger partial charge >= 0.3 is 34.2 Å². The number of benzene rings is 2. The molecule has 298 valence electrons. The molecule has 2 aromatic rings. The first-order chi connectivity index (χ1) is 24.1. The number of methoxy groups -OCH3 is 1. The Hall–Kier alpha value is -4.50. The van der Waals surface area contributed by atoms with E-state index in [1.165, 1.54) is 29.3 Å². The average Bonchev–Trinajstić information content (AvgIpc) is 2.98. The molecule has 53 heavy (non-hydrogen) atoms. The number of aliphatic hydroxyl groups is 1. The predicted octanol–water partition coefficient (Wildman–Crippen LogP) is 4.91. The molecule has 0 spiro atoms. The summed E-state index contributed by atoms with van der Waals surface area (Å²) in [6.45, 7) is 8.91. The Morgan fingerprint density at radius 2 is 1.34 bits per heavy atom. The molecule has 0 fully saturated rings. The van der Waals surface area contributed by atoms with Gasteiger partial charge in [-0.15, -0.1) is 13.2 Å². The highest BCUT2D eigenvalue weighted by atomic mass is 32.2. The van der Waals surface area contributed by atoms with Crippen LogP contribution in [0.3, 0.4) is 0 Å². The van der Waals surface area contributed by atoms with Crippen molar-refractivity contribution in [3.63, 3.8) is 0 Å². The molecule has 0 heterocycles. The second-order valence-corrected chi connectivity index (χ2v) is 15.2. The quantitative estimate of drug-likeness (QED) is 0.0884. The summed E-state index contributed by atoms with van der Waals surface area (Å²) in [6.07, 6.45) is -8.68. The summed E-state index contributed by atoms with van der Waals surface area (Å²) in [5, 5.41) is 17.6. The van der Waals surface area contributed by atoms with Gasteiger partial charge in [-0.25, -0.2) is 14.6 Å². The standard InChI is InChI=1S/C32H42F6N4O10S/c1-29(2,3)25(40-27(45)49-7)26(44)41-42(17-20-10-12-21(13-11-20)50-31(33,34)35)18-24(43)23(39-28(46)51-30(4,5)6)16-19-8-14-22(15-9-19)52-53(47,48)32(36,37)38/h8-15,23-25,43H,16-18H2,1-7H3,(H,39,46)(H,40,45)(H,41,44)/t23-,24-,25+/m0/s1. The van der Waals surface area contributed by atoms with Crippen molar-refractivity contribution in [2.45, 2.75) is 90.2 Å². The van der Waals surface area contributed by atoms with Crippen LogP contribution in [-0.4, -0.2) is 85.9 Å². The third kappa shape index (κ3) is 15.6. The summed E-state index contributed by atoms with van der Waals surface area (Å²) in [6, 6.07) is 6.34. The number of rotatable bonds is 14. The van der Waals surface area contributed by atoms with Crippen LogP contribution < -0.4 is 25.0 Å². The van der Waals surface area contributed by atoms with Crippen LogP contribution in [0.5, 0.6) is 11.5 Å². The number of amides is 3. The Morgan fingerprint density at radius 1 is 0.811 bits per heavy atom. The van der Waals surface area contributed by atoms with E-state index in [4.69, 9.17) is 4.74 Å². The maximum absolute atomic E-state index is 13.6. The zero-order chi connectivity index (χ0) is 40.6. The molecule has 21 heteroatoms. The van der Waals surface area contributed by atoms with Gasteiger partial charge in [0.25, 0.3) is 5.91 Å². The first-order valence-corrected chi connectivity index (χ1v) is 17.0. The molecule has 0 bridgehead atoms. The van der Waals surface area contributed by atoms with Gasteiger partial charge in [0.2, 0.25) is 0 Å². The highest BCUT2D eigenvalue weighted by Crippen LogP contribution is 2.28. The lowest BCUT2D eigenvalue weighted by Gasteiger charge is -2.34. The SMILES string of the molecule is COC(=O)N[C@H](C(=O)NN(Cc1ccc(OC(F)(F)F)cc1)C[C@H](O)[C@H](Cc1ccc(OS(=O)(=O)C(F)(F)F)cc1)NC(=O)OC(C)(C)C)C(C)(C)C. The van der Waals surface area contributed by atoms with E-state index >= 15 is 0 Å². The van der Waals surface area contributed by atoms with Crippen LogP contribution in [0, 0.1) is 5.41 Å². The van der Waals surface area contributed by atoms with Crippen molar-refractivity contribution in [1.29, 1.82) is 0 Å². The molecule has 2 rings (SSSR count). The number of hydrazine groups is 1. The van der Waals surface area contributed by atoms with Gasteiger partial charge in [0.15, 0.2) is 0 Å². The lowest BCUT2D eigenvalue weighted by atomic mass is 9.86. The Kier molecular flexibility index (Phi) is 14.8. The van der Waals surface area contributed by atoms with Crippen LogP contribution >= 0.6 is 0 Å². The molecule has 0 unspecified atom stereocenters. The number of carbonyl (C=O) groups excluding carboxylic acids is 3. The van der Waals surface area contributed by atoms with Gasteiger partial charge in [0, 0.05) is 13.1 Å². The monoisotopic (exact) mass is 788 g/mol. The number of ether oxygens (including phenoxy) is 3. The van der Waals surface area contributed by atoms with E-state index in [-0.39, 0.29) is 18.5 Å². The minimum absolute atomic E-state index is 0.230. The largest absolute Gasteiger partial charge is 0.573 e. The van der Waals surface area contributed by atoms with Crippen LogP contribution in [0.4, 0.5) is 35.9 Å². The summed E-state index contributed by atoms with van der Waals surface area (Å²) in [5.74, 6) is -1.98. The Labute approximate surface area is 302 Å². The van der Waals surface area contributed by atoms with E-state index in [1.807, 2.05) is 0 Å². The second kappa shape index (κ2) is 17.5. The van der Waals surface area contributed by atoms with Crippen molar-refractivity contribution in [2.24, 2.45) is 5.41 Å². The molecule has 4 N–H and O–H groups in total. The van der Waals surface area contributed by atoms with E-state index in [1.54, 1.807) is 41.5 Å². The van der Waals surface area contributed by atoms with Crippen LogP contribution in [-0.2, 0) is 37.4 Å². The molecule has 3 amide bonds. The molecule has 0 saturated carbocycles. The maximum Gasteiger partial charge on any atom is 0.573 e. The van der Waals surface area contributed by atoms with Crippen LogP contribution in [0.1, 0.15) is 52.7 Å². The number of alkyl halides is 6. The Morgan fingerprint density at radius 3 is 1.81 bits per heavy atom. The molecular weight excluding hydrogens is 746 g/mol. The van der Waals surface area contributed by atoms with E-state index in [2.05, 4.69) is 29.7 Å². The maximum atomic E-state index is 13.6. The number of hydrogen-bond acceptors (Lipinski definition) is 11. The number of aliphatic hydroxyl groups excluding tert-OH is 1. The molecule has 14 nitrogen and oxygen atoms in total. The lowest BCUT2D eigenvalue weighted by molar-refractivity contribution is -0.274. The number of carbonyl (C=O) groups is 3. The molecule has 0 aliphatic heterocycles. The molecule has 3 atom stereocenters. The predicted molar refractivity (Wildman–Crippen MR) is 175 cm³/mol. The number of hydrogen-bond donors (Lipinski definition) is 4. The minimum Gasteiger partial charge on any atom is -0.453 e. The van der Waals surface area contributed by atoms with Crippen LogP contribution in [0.25, 0.3) is 0 Å². The van der Waals surface area contributed by atoms with Gasteiger partial charge in [-0.3, -0.25) is 10.2 Å². The van der Waals surface area contributed by atoms with Crippen molar-refractivity contribution < 1.29 is 72.6 Å². The van der Waals surface area contributed by atoms with Gasteiger partial charge in [-0.2, -0.15) is 21.6 Å². The van der Waals surface area contributed by atoms with E-state index in [0.29, 0.717) is 5.56 Å². The van der Waals surface area contributed by atoms with Crippen molar-refractivity contribution in [3.8, 4) is 11.5 Å². The Bertz CT molecular complexity index is 1640. The van der Waals surface area contributed by atoms with Gasteiger partial charge in [-0.05, 0) is 68.0 Å². The average molecular weight is 789 g/mol. The number of halogens is 6. The fourth-order valence-electron chi connectivity index (χ4n) is 4.44. The zero-order valence-corrected chi connectivity index (χ0v) is 30.5. The fraction of sp³-hybridized carbons (Fsp3) is 0.531. The van der Waals surface area contributed by atoms with Crippen molar-refractivity contribution >= 4 is 28.2 Å². The highest BCUT2D eigenvalue weighted by molar-refractivity contribution is 7.88. The van der Waals surface area contributed by atoms with Crippen molar-refractivity contribution in [1.82, 2.24) is 21.1 Å². The van der Waals surface area contributed by atoms with E-state index in [0.717, 1.165) is 31.4 Å². The van der Waals surface area contributed by atoms with Crippen molar-refractivity contribution in [3.05, 3.63) is 59.7 Å². The van der Waals surface area contributed by atoms with E-state index in [9.17, 15) is 54.3 Å². The molecule has 0 radical (unpaired) electrons. The first-order valence-electron chi connectivity index (χ1n) is 15.6. The normalized spacial score (nSPS) is 14.4. The van der Waals surface area contributed by atoms with Crippen molar-refractivity contribution in [2.75, 3.05) is 13.7 Å². The van der Waals surface area contributed by atoms with Crippen LogP contribution in [0.15, 0.2) is 48.5 Å². The topological polar surface area (TPSA) is 182 Å². The molecule has 0 aliphatic rings.